The third-order valence-corrected chi connectivity index (χ3v) is 3.53. The van der Waals surface area contributed by atoms with Gasteiger partial charge < -0.3 is 0 Å². The van der Waals surface area contributed by atoms with Crippen molar-refractivity contribution in [3.8, 4) is 0 Å². The van der Waals surface area contributed by atoms with Crippen LogP contribution in [0.3, 0.4) is 0 Å². The summed E-state index contributed by atoms with van der Waals surface area (Å²) in [5, 5.41) is 0. The van der Waals surface area contributed by atoms with Gasteiger partial charge in [-0.3, -0.25) is 11.3 Å². The second kappa shape index (κ2) is 7.17. The second-order valence-corrected chi connectivity index (χ2v) is 5.12. The Bertz CT molecular complexity index is 540. The number of halogens is 1. The zero-order chi connectivity index (χ0) is 14.4. The van der Waals surface area contributed by atoms with Crippen LogP contribution in [0.4, 0.5) is 4.39 Å². The molecule has 0 radical (unpaired) electrons. The van der Waals surface area contributed by atoms with E-state index in [1.165, 1.54) is 5.56 Å². The van der Waals surface area contributed by atoms with E-state index in [0.717, 1.165) is 24.8 Å². The molecule has 2 rings (SSSR count). The van der Waals surface area contributed by atoms with Crippen molar-refractivity contribution in [3.63, 3.8) is 0 Å². The molecule has 1 atom stereocenters. The molecule has 0 saturated heterocycles. The molecule has 106 valence electrons. The first-order chi connectivity index (χ1) is 9.70. The third kappa shape index (κ3) is 3.89. The molecule has 0 aliphatic carbocycles. The van der Waals surface area contributed by atoms with Crippen molar-refractivity contribution in [2.24, 2.45) is 5.84 Å². The Morgan fingerprint density at radius 1 is 1.15 bits per heavy atom. The van der Waals surface area contributed by atoms with Gasteiger partial charge in [-0.1, -0.05) is 42.5 Å². The van der Waals surface area contributed by atoms with Crippen molar-refractivity contribution in [2.75, 3.05) is 0 Å². The molecule has 0 spiro atoms. The van der Waals surface area contributed by atoms with Crippen LogP contribution in [0, 0.1) is 12.7 Å². The van der Waals surface area contributed by atoms with E-state index in [1.807, 2.05) is 37.3 Å². The van der Waals surface area contributed by atoms with Gasteiger partial charge in [0.2, 0.25) is 0 Å². The van der Waals surface area contributed by atoms with Crippen molar-refractivity contribution in [1.82, 2.24) is 5.43 Å². The van der Waals surface area contributed by atoms with Gasteiger partial charge in [0, 0.05) is 11.6 Å². The maximum Gasteiger partial charge on any atom is 0.128 e. The number of benzene rings is 2. The van der Waals surface area contributed by atoms with Crippen LogP contribution >= 0.6 is 0 Å². The van der Waals surface area contributed by atoms with Crippen LogP contribution in [0.15, 0.2) is 48.5 Å². The van der Waals surface area contributed by atoms with Gasteiger partial charge >= 0.3 is 0 Å². The lowest BCUT2D eigenvalue weighted by Crippen LogP contribution is -2.28. The van der Waals surface area contributed by atoms with Gasteiger partial charge in [-0.05, 0) is 43.4 Å². The fourth-order valence-corrected chi connectivity index (χ4v) is 2.40. The molecule has 0 aliphatic heterocycles. The minimum atomic E-state index is -0.187. The smallest absolute Gasteiger partial charge is 0.128 e. The van der Waals surface area contributed by atoms with E-state index in [2.05, 4.69) is 17.6 Å². The molecule has 3 heteroatoms. The Balaban J connectivity index is 1.95. The molecule has 0 bridgehead atoms. The molecular weight excluding hydrogens is 251 g/mol. The topological polar surface area (TPSA) is 38.0 Å². The maximum atomic E-state index is 13.9. The lowest BCUT2D eigenvalue weighted by Gasteiger charge is -2.17. The maximum absolute atomic E-state index is 13.9. The van der Waals surface area contributed by atoms with E-state index in [0.29, 0.717) is 5.56 Å². The molecule has 2 aromatic carbocycles. The standard InChI is InChI=1S/C17H21FN2/c1-13-10-11-15(16(18)12-13)17(20-19)9-5-8-14-6-3-2-4-7-14/h2-4,6-7,10-12,17,20H,5,8-9,19H2,1H3. The van der Waals surface area contributed by atoms with Gasteiger partial charge in [0.05, 0.1) is 0 Å². The number of rotatable bonds is 6. The summed E-state index contributed by atoms with van der Waals surface area (Å²) in [5.41, 5.74) is 5.59. The van der Waals surface area contributed by atoms with Crippen molar-refractivity contribution in [1.29, 1.82) is 0 Å². The molecule has 2 aromatic rings. The van der Waals surface area contributed by atoms with Gasteiger partial charge in [-0.15, -0.1) is 0 Å². The summed E-state index contributed by atoms with van der Waals surface area (Å²) in [6.07, 6.45) is 2.75. The predicted molar refractivity (Wildman–Crippen MR) is 80.6 cm³/mol. The van der Waals surface area contributed by atoms with Crippen LogP contribution in [0.25, 0.3) is 0 Å². The van der Waals surface area contributed by atoms with E-state index in [-0.39, 0.29) is 11.9 Å². The molecule has 2 nitrogen and oxygen atoms in total. The Morgan fingerprint density at radius 2 is 1.90 bits per heavy atom. The average Bonchev–Trinajstić information content (AvgIpc) is 2.46. The van der Waals surface area contributed by atoms with Crippen molar-refractivity contribution in [3.05, 3.63) is 71.0 Å². The monoisotopic (exact) mass is 272 g/mol. The molecule has 0 aromatic heterocycles. The van der Waals surface area contributed by atoms with Crippen LogP contribution in [0.1, 0.15) is 35.6 Å². The van der Waals surface area contributed by atoms with Crippen molar-refractivity contribution in [2.45, 2.75) is 32.2 Å². The number of nitrogens with two attached hydrogens (primary N) is 1. The molecule has 0 amide bonds. The van der Waals surface area contributed by atoms with Crippen LogP contribution in [0.5, 0.6) is 0 Å². The Kier molecular flexibility index (Phi) is 5.27. The quantitative estimate of drug-likeness (QED) is 0.622. The summed E-state index contributed by atoms with van der Waals surface area (Å²) in [7, 11) is 0. The van der Waals surface area contributed by atoms with Crippen molar-refractivity contribution < 1.29 is 4.39 Å². The fourth-order valence-electron chi connectivity index (χ4n) is 2.40. The van der Waals surface area contributed by atoms with Gasteiger partial charge in [-0.2, -0.15) is 0 Å². The number of hydrogen-bond donors (Lipinski definition) is 2. The van der Waals surface area contributed by atoms with Gasteiger partial charge in [0.25, 0.3) is 0 Å². The number of aryl methyl sites for hydroxylation is 2. The first-order valence-corrected chi connectivity index (χ1v) is 6.97. The highest BCUT2D eigenvalue weighted by molar-refractivity contribution is 5.26. The number of hydrazine groups is 1. The van der Waals surface area contributed by atoms with E-state index < -0.39 is 0 Å². The van der Waals surface area contributed by atoms with Crippen LogP contribution in [-0.2, 0) is 6.42 Å². The highest BCUT2D eigenvalue weighted by atomic mass is 19.1. The molecule has 0 aliphatic rings. The van der Waals surface area contributed by atoms with Crippen LogP contribution < -0.4 is 11.3 Å². The molecule has 0 fully saturated rings. The Morgan fingerprint density at radius 3 is 2.55 bits per heavy atom. The number of hydrogen-bond acceptors (Lipinski definition) is 2. The summed E-state index contributed by atoms with van der Waals surface area (Å²) in [6.45, 7) is 1.88. The predicted octanol–water partition coefficient (Wildman–Crippen LogP) is 3.66. The zero-order valence-electron chi connectivity index (χ0n) is 11.8. The van der Waals surface area contributed by atoms with Gasteiger partial charge in [-0.25, -0.2) is 4.39 Å². The molecule has 0 heterocycles. The summed E-state index contributed by atoms with van der Waals surface area (Å²) >= 11 is 0. The molecule has 0 saturated carbocycles. The van der Waals surface area contributed by atoms with Gasteiger partial charge in [0.1, 0.15) is 5.82 Å². The Hall–Kier alpha value is -1.71. The first kappa shape index (κ1) is 14.7. The SMILES string of the molecule is Cc1ccc(C(CCCc2ccccc2)NN)c(F)c1. The van der Waals surface area contributed by atoms with Crippen LogP contribution in [0.2, 0.25) is 0 Å². The fraction of sp³-hybridized carbons (Fsp3) is 0.294. The van der Waals surface area contributed by atoms with E-state index >= 15 is 0 Å². The number of nitrogens with one attached hydrogen (secondary N) is 1. The Labute approximate surface area is 119 Å². The zero-order valence-corrected chi connectivity index (χ0v) is 11.8. The van der Waals surface area contributed by atoms with E-state index in [1.54, 1.807) is 6.07 Å². The van der Waals surface area contributed by atoms with E-state index in [9.17, 15) is 4.39 Å². The molecule has 1 unspecified atom stereocenters. The third-order valence-electron chi connectivity index (χ3n) is 3.53. The molecule has 3 N–H and O–H groups in total. The summed E-state index contributed by atoms with van der Waals surface area (Å²) in [6, 6.07) is 15.4. The summed E-state index contributed by atoms with van der Waals surface area (Å²) < 4.78 is 13.9. The minimum absolute atomic E-state index is 0.140. The first-order valence-electron chi connectivity index (χ1n) is 6.97. The van der Waals surface area contributed by atoms with Crippen LogP contribution in [-0.4, -0.2) is 0 Å². The lowest BCUT2D eigenvalue weighted by atomic mass is 9.98. The average molecular weight is 272 g/mol. The van der Waals surface area contributed by atoms with Crippen molar-refractivity contribution >= 4 is 0 Å². The molecular formula is C17H21FN2. The largest absolute Gasteiger partial charge is 0.271 e. The second-order valence-electron chi connectivity index (χ2n) is 5.12. The molecule has 20 heavy (non-hydrogen) atoms. The van der Waals surface area contributed by atoms with E-state index in [4.69, 9.17) is 5.84 Å². The summed E-state index contributed by atoms with van der Waals surface area (Å²) in [4.78, 5) is 0. The highest BCUT2D eigenvalue weighted by Crippen LogP contribution is 2.22. The summed E-state index contributed by atoms with van der Waals surface area (Å²) in [5.74, 6) is 5.39. The van der Waals surface area contributed by atoms with Gasteiger partial charge in [0.15, 0.2) is 0 Å². The lowest BCUT2D eigenvalue weighted by molar-refractivity contribution is 0.472. The minimum Gasteiger partial charge on any atom is -0.271 e. The highest BCUT2D eigenvalue weighted by Gasteiger charge is 2.14. The normalized spacial score (nSPS) is 12.3.